The van der Waals surface area contributed by atoms with E-state index < -0.39 is 0 Å². The Morgan fingerprint density at radius 3 is 2.55 bits per heavy atom. The van der Waals surface area contributed by atoms with Gasteiger partial charge in [0.15, 0.2) is 0 Å². The van der Waals surface area contributed by atoms with Crippen molar-refractivity contribution in [3.63, 3.8) is 0 Å². The molecule has 1 fully saturated rings. The summed E-state index contributed by atoms with van der Waals surface area (Å²) in [6, 6.07) is 8.52. The second-order valence-electron chi connectivity index (χ2n) is 5.20. The van der Waals surface area contributed by atoms with Gasteiger partial charge in [0.2, 0.25) is 5.91 Å². The molecule has 2 rings (SSSR count). The van der Waals surface area contributed by atoms with Gasteiger partial charge in [0.1, 0.15) is 0 Å². The molecule has 2 N–H and O–H groups in total. The molecule has 4 nitrogen and oxygen atoms in total. The first-order chi connectivity index (χ1) is 9.74. The molecular formula is C16H24N2O2. The van der Waals surface area contributed by atoms with Crippen molar-refractivity contribution in [2.45, 2.75) is 32.9 Å². The lowest BCUT2D eigenvalue weighted by molar-refractivity contribution is -0.125. The summed E-state index contributed by atoms with van der Waals surface area (Å²) in [7, 11) is 0. The Bertz CT molecular complexity index is 431. The fourth-order valence-electron chi connectivity index (χ4n) is 2.49. The van der Waals surface area contributed by atoms with Gasteiger partial charge in [-0.1, -0.05) is 38.1 Å². The Morgan fingerprint density at radius 2 is 1.90 bits per heavy atom. The second kappa shape index (κ2) is 7.41. The number of carbonyl (C=O) groups is 1. The smallest absolute Gasteiger partial charge is 0.227 e. The van der Waals surface area contributed by atoms with E-state index in [-0.39, 0.29) is 17.9 Å². The molecule has 1 aliphatic heterocycles. The number of hydrogen-bond donors (Lipinski definition) is 2. The van der Waals surface area contributed by atoms with Crippen LogP contribution in [0, 0.1) is 5.92 Å². The number of carbonyl (C=O) groups excluding carboxylic acids is 1. The van der Waals surface area contributed by atoms with Crippen LogP contribution in [0.2, 0.25) is 0 Å². The zero-order valence-corrected chi connectivity index (χ0v) is 12.3. The van der Waals surface area contributed by atoms with Gasteiger partial charge in [0.05, 0.1) is 19.1 Å². The molecule has 1 heterocycles. The maximum absolute atomic E-state index is 12.2. The molecule has 1 amide bonds. The van der Waals surface area contributed by atoms with Crippen molar-refractivity contribution in [1.82, 2.24) is 10.6 Å². The lowest BCUT2D eigenvalue weighted by Crippen LogP contribution is -2.43. The van der Waals surface area contributed by atoms with E-state index in [1.807, 2.05) is 6.92 Å². The molecule has 0 spiro atoms. The second-order valence-corrected chi connectivity index (χ2v) is 5.20. The van der Waals surface area contributed by atoms with Gasteiger partial charge in [-0.25, -0.2) is 0 Å². The van der Waals surface area contributed by atoms with E-state index in [4.69, 9.17) is 4.74 Å². The van der Waals surface area contributed by atoms with Crippen LogP contribution in [0.3, 0.4) is 0 Å². The fourth-order valence-corrected chi connectivity index (χ4v) is 2.49. The third-order valence-electron chi connectivity index (χ3n) is 3.78. The number of hydrogen-bond acceptors (Lipinski definition) is 3. The Kier molecular flexibility index (Phi) is 5.56. The van der Waals surface area contributed by atoms with E-state index >= 15 is 0 Å². The van der Waals surface area contributed by atoms with E-state index in [1.165, 1.54) is 5.56 Å². The van der Waals surface area contributed by atoms with Crippen LogP contribution in [0.15, 0.2) is 24.3 Å². The molecule has 2 unspecified atom stereocenters. The van der Waals surface area contributed by atoms with Gasteiger partial charge in [-0.2, -0.15) is 0 Å². The number of nitrogens with one attached hydrogen (secondary N) is 2. The van der Waals surface area contributed by atoms with Crippen LogP contribution in [0.5, 0.6) is 0 Å². The molecule has 1 aliphatic rings. The van der Waals surface area contributed by atoms with Crippen LogP contribution >= 0.6 is 0 Å². The van der Waals surface area contributed by atoms with Gasteiger partial charge in [-0.15, -0.1) is 0 Å². The van der Waals surface area contributed by atoms with Crippen molar-refractivity contribution >= 4 is 5.91 Å². The van der Waals surface area contributed by atoms with Gasteiger partial charge in [-0.05, 0) is 24.1 Å². The minimum absolute atomic E-state index is 0.0769. The van der Waals surface area contributed by atoms with E-state index in [0.29, 0.717) is 19.8 Å². The van der Waals surface area contributed by atoms with Crippen LogP contribution in [-0.2, 0) is 22.5 Å². The molecule has 20 heavy (non-hydrogen) atoms. The average molecular weight is 276 g/mol. The number of aryl methyl sites for hydroxylation is 1. The van der Waals surface area contributed by atoms with Crippen molar-refractivity contribution in [1.29, 1.82) is 0 Å². The van der Waals surface area contributed by atoms with Crippen molar-refractivity contribution in [3.05, 3.63) is 35.4 Å². The summed E-state index contributed by atoms with van der Waals surface area (Å²) in [6.07, 6.45) is 1.04. The zero-order chi connectivity index (χ0) is 14.4. The molecule has 110 valence electrons. The molecule has 1 saturated heterocycles. The molecule has 0 radical (unpaired) electrons. The monoisotopic (exact) mass is 276 g/mol. The number of amides is 1. The third kappa shape index (κ3) is 3.81. The minimum Gasteiger partial charge on any atom is -0.379 e. The van der Waals surface area contributed by atoms with Crippen molar-refractivity contribution in [2.75, 3.05) is 19.8 Å². The normalized spacial score (nSPS) is 21.9. The highest BCUT2D eigenvalue weighted by Gasteiger charge is 2.33. The van der Waals surface area contributed by atoms with E-state index in [1.54, 1.807) is 0 Å². The highest BCUT2D eigenvalue weighted by molar-refractivity contribution is 5.79. The summed E-state index contributed by atoms with van der Waals surface area (Å²) >= 11 is 0. The van der Waals surface area contributed by atoms with Gasteiger partial charge < -0.3 is 15.4 Å². The van der Waals surface area contributed by atoms with E-state index in [2.05, 4.69) is 41.8 Å². The Hall–Kier alpha value is -1.39. The summed E-state index contributed by atoms with van der Waals surface area (Å²) < 4.78 is 5.40. The van der Waals surface area contributed by atoms with E-state index in [0.717, 1.165) is 18.5 Å². The molecule has 4 heteroatoms. The fraction of sp³-hybridized carbons (Fsp3) is 0.562. The first-order valence-corrected chi connectivity index (χ1v) is 7.41. The molecule has 1 aromatic carbocycles. The standard InChI is InChI=1S/C16H24N2O2/c1-3-12-5-7-13(8-6-12)9-18-16(19)14-10-20-11-15(14)17-4-2/h5-8,14-15,17H,3-4,9-11H2,1-2H3,(H,18,19). The van der Waals surface area contributed by atoms with Crippen LogP contribution in [0.25, 0.3) is 0 Å². The number of rotatable bonds is 6. The third-order valence-corrected chi connectivity index (χ3v) is 3.78. The zero-order valence-electron chi connectivity index (χ0n) is 12.3. The predicted octanol–water partition coefficient (Wildman–Crippen LogP) is 1.49. The van der Waals surface area contributed by atoms with Gasteiger partial charge >= 0.3 is 0 Å². The average Bonchev–Trinajstić information content (AvgIpc) is 2.94. The molecule has 0 bridgehead atoms. The molecule has 0 aromatic heterocycles. The van der Waals surface area contributed by atoms with E-state index in [9.17, 15) is 4.79 Å². The summed E-state index contributed by atoms with van der Waals surface area (Å²) in [6.45, 7) is 6.75. The van der Waals surface area contributed by atoms with Crippen LogP contribution in [0.4, 0.5) is 0 Å². The first-order valence-electron chi connectivity index (χ1n) is 7.41. The van der Waals surface area contributed by atoms with Crippen LogP contribution in [-0.4, -0.2) is 31.7 Å². The minimum atomic E-state index is -0.0788. The molecule has 0 saturated carbocycles. The Morgan fingerprint density at radius 1 is 1.20 bits per heavy atom. The number of likely N-dealkylation sites (N-methyl/N-ethyl adjacent to an activating group) is 1. The van der Waals surface area contributed by atoms with Gasteiger partial charge in [0.25, 0.3) is 0 Å². The maximum atomic E-state index is 12.2. The summed E-state index contributed by atoms with van der Waals surface area (Å²) in [5, 5.41) is 6.31. The van der Waals surface area contributed by atoms with Gasteiger partial charge in [0, 0.05) is 12.6 Å². The highest BCUT2D eigenvalue weighted by atomic mass is 16.5. The predicted molar refractivity (Wildman–Crippen MR) is 79.4 cm³/mol. The molecule has 2 atom stereocenters. The lowest BCUT2D eigenvalue weighted by Gasteiger charge is -2.17. The first kappa shape index (κ1) is 15.0. The molecular weight excluding hydrogens is 252 g/mol. The topological polar surface area (TPSA) is 50.4 Å². The molecule has 0 aliphatic carbocycles. The maximum Gasteiger partial charge on any atom is 0.227 e. The summed E-state index contributed by atoms with van der Waals surface area (Å²) in [4.78, 5) is 12.2. The summed E-state index contributed by atoms with van der Waals surface area (Å²) in [5.74, 6) is -0.00196. The number of benzene rings is 1. The highest BCUT2D eigenvalue weighted by Crippen LogP contribution is 2.14. The van der Waals surface area contributed by atoms with Crippen LogP contribution < -0.4 is 10.6 Å². The molecule has 1 aromatic rings. The largest absolute Gasteiger partial charge is 0.379 e. The van der Waals surface area contributed by atoms with Crippen molar-refractivity contribution < 1.29 is 9.53 Å². The van der Waals surface area contributed by atoms with Crippen LogP contribution in [0.1, 0.15) is 25.0 Å². The lowest BCUT2D eigenvalue weighted by atomic mass is 10.0. The Balaban J connectivity index is 1.84. The summed E-state index contributed by atoms with van der Waals surface area (Å²) in [5.41, 5.74) is 2.45. The Labute approximate surface area is 120 Å². The SMILES string of the molecule is CCNC1COCC1C(=O)NCc1ccc(CC)cc1. The van der Waals surface area contributed by atoms with Crippen molar-refractivity contribution in [2.24, 2.45) is 5.92 Å². The number of ether oxygens (including phenoxy) is 1. The quantitative estimate of drug-likeness (QED) is 0.827. The van der Waals surface area contributed by atoms with Crippen molar-refractivity contribution in [3.8, 4) is 0 Å². The van der Waals surface area contributed by atoms with Gasteiger partial charge in [-0.3, -0.25) is 4.79 Å².